The maximum Gasteiger partial charge on any atom is 0.283 e. The molecule has 4 nitrogen and oxygen atoms in total. The van der Waals surface area contributed by atoms with Crippen molar-refractivity contribution < 1.29 is 18.9 Å². The van der Waals surface area contributed by atoms with Crippen LogP contribution < -0.4 is 4.74 Å². The lowest BCUT2D eigenvalue weighted by molar-refractivity contribution is -0.467. The van der Waals surface area contributed by atoms with E-state index in [1.807, 2.05) is 12.1 Å². The van der Waals surface area contributed by atoms with Gasteiger partial charge in [0.05, 0.1) is 26.9 Å². The van der Waals surface area contributed by atoms with E-state index >= 15 is 0 Å². The van der Waals surface area contributed by atoms with Crippen LogP contribution in [0.2, 0.25) is 0 Å². The molecule has 104 valence electrons. The van der Waals surface area contributed by atoms with Crippen molar-refractivity contribution >= 4 is 0 Å². The Morgan fingerprint density at radius 3 is 2.16 bits per heavy atom. The predicted molar refractivity (Wildman–Crippen MR) is 70.0 cm³/mol. The zero-order valence-corrected chi connectivity index (χ0v) is 11.5. The highest BCUT2D eigenvalue weighted by Gasteiger charge is 2.49. The fraction of sp³-hybridized carbons (Fsp3) is 0.600. The average Bonchev–Trinajstić information content (AvgIpc) is 2.47. The van der Waals surface area contributed by atoms with E-state index in [2.05, 4.69) is 19.1 Å². The van der Waals surface area contributed by atoms with Crippen LogP contribution in [0.15, 0.2) is 24.3 Å². The molecule has 4 heteroatoms. The Morgan fingerprint density at radius 1 is 1.05 bits per heavy atom. The van der Waals surface area contributed by atoms with E-state index in [1.165, 1.54) is 5.56 Å². The molecule has 0 amide bonds. The lowest BCUT2D eigenvalue weighted by atomic mass is 9.91. The molecule has 0 radical (unpaired) electrons. The van der Waals surface area contributed by atoms with Crippen LogP contribution >= 0.6 is 0 Å². The number of ether oxygens (including phenoxy) is 4. The van der Waals surface area contributed by atoms with Gasteiger partial charge >= 0.3 is 0 Å². The van der Waals surface area contributed by atoms with Crippen molar-refractivity contribution in [3.63, 3.8) is 0 Å². The standard InChI is InChI=1S/C15H20O4/c1-14-9-17-15(18-10-14,19-11-14)8-7-12-3-5-13(16-2)6-4-12/h3-6H,7-11H2,1-2H3. The van der Waals surface area contributed by atoms with Gasteiger partial charge in [0.2, 0.25) is 0 Å². The number of aryl methyl sites for hydroxylation is 1. The molecule has 0 saturated carbocycles. The van der Waals surface area contributed by atoms with Crippen molar-refractivity contribution in [3.05, 3.63) is 29.8 Å². The SMILES string of the molecule is COc1ccc(CCC23OCC(C)(CO2)CO3)cc1. The van der Waals surface area contributed by atoms with E-state index in [9.17, 15) is 0 Å². The first-order valence-corrected chi connectivity index (χ1v) is 6.68. The lowest BCUT2D eigenvalue weighted by Crippen LogP contribution is -2.59. The van der Waals surface area contributed by atoms with E-state index in [-0.39, 0.29) is 5.41 Å². The summed E-state index contributed by atoms with van der Waals surface area (Å²) >= 11 is 0. The van der Waals surface area contributed by atoms with E-state index in [0.717, 1.165) is 38.4 Å². The normalized spacial score (nSPS) is 33.4. The second kappa shape index (κ2) is 4.78. The Hall–Kier alpha value is -1.10. The first-order valence-electron chi connectivity index (χ1n) is 6.68. The highest BCUT2D eigenvalue weighted by atomic mass is 16.9. The van der Waals surface area contributed by atoms with E-state index in [4.69, 9.17) is 18.9 Å². The molecule has 0 N–H and O–H groups in total. The maximum absolute atomic E-state index is 5.77. The van der Waals surface area contributed by atoms with Crippen molar-refractivity contribution in [2.75, 3.05) is 26.9 Å². The summed E-state index contributed by atoms with van der Waals surface area (Å²) in [4.78, 5) is 0. The summed E-state index contributed by atoms with van der Waals surface area (Å²) in [5.74, 6) is 0.0503. The van der Waals surface area contributed by atoms with Gasteiger partial charge in [-0.3, -0.25) is 0 Å². The predicted octanol–water partition coefficient (Wildman–Crippen LogP) is 2.36. The molecule has 0 atom stereocenters. The molecule has 2 bridgehead atoms. The summed E-state index contributed by atoms with van der Waals surface area (Å²) in [5, 5.41) is 0. The zero-order valence-electron chi connectivity index (χ0n) is 11.5. The fourth-order valence-electron chi connectivity index (χ4n) is 2.41. The Balaban J connectivity index is 1.60. The van der Waals surface area contributed by atoms with Crippen LogP contribution in [0.4, 0.5) is 0 Å². The summed E-state index contributed by atoms with van der Waals surface area (Å²) in [6.45, 7) is 4.28. The van der Waals surface area contributed by atoms with Gasteiger partial charge in [-0.25, -0.2) is 0 Å². The molecule has 0 aromatic heterocycles. The number of fused-ring (bicyclic) bond motifs is 3. The van der Waals surface area contributed by atoms with Crippen molar-refractivity contribution in [2.45, 2.75) is 25.7 Å². The van der Waals surface area contributed by atoms with Gasteiger partial charge in [0.25, 0.3) is 5.97 Å². The van der Waals surface area contributed by atoms with Crippen molar-refractivity contribution in [1.29, 1.82) is 0 Å². The Kier molecular flexibility index (Phi) is 3.25. The largest absolute Gasteiger partial charge is 0.497 e. The molecule has 0 unspecified atom stereocenters. The topological polar surface area (TPSA) is 36.9 Å². The minimum atomic E-state index is -0.822. The molecular formula is C15H20O4. The van der Waals surface area contributed by atoms with Crippen molar-refractivity contribution in [2.24, 2.45) is 5.41 Å². The van der Waals surface area contributed by atoms with Crippen LogP contribution in [-0.2, 0) is 20.6 Å². The minimum Gasteiger partial charge on any atom is -0.497 e. The smallest absolute Gasteiger partial charge is 0.283 e. The van der Waals surface area contributed by atoms with Crippen LogP contribution in [0.5, 0.6) is 5.75 Å². The molecular weight excluding hydrogens is 244 g/mol. The quantitative estimate of drug-likeness (QED) is 0.836. The number of methoxy groups -OCH3 is 1. The molecule has 3 aliphatic heterocycles. The van der Waals surface area contributed by atoms with Crippen LogP contribution in [-0.4, -0.2) is 32.9 Å². The summed E-state index contributed by atoms with van der Waals surface area (Å²) in [5.41, 5.74) is 1.26. The van der Waals surface area contributed by atoms with E-state index < -0.39 is 5.97 Å². The van der Waals surface area contributed by atoms with Crippen molar-refractivity contribution in [1.82, 2.24) is 0 Å². The molecule has 3 aliphatic rings. The van der Waals surface area contributed by atoms with Crippen LogP contribution in [0, 0.1) is 5.41 Å². The van der Waals surface area contributed by atoms with E-state index in [1.54, 1.807) is 7.11 Å². The third-order valence-electron chi connectivity index (χ3n) is 3.80. The van der Waals surface area contributed by atoms with Gasteiger partial charge in [-0.15, -0.1) is 0 Å². The van der Waals surface area contributed by atoms with Gasteiger partial charge in [0.15, 0.2) is 0 Å². The lowest BCUT2D eigenvalue weighted by Gasteiger charge is -2.50. The molecule has 3 heterocycles. The Labute approximate surface area is 113 Å². The molecule has 0 spiro atoms. The van der Waals surface area contributed by atoms with Gasteiger partial charge in [-0.05, 0) is 24.1 Å². The van der Waals surface area contributed by atoms with Crippen LogP contribution in [0.3, 0.4) is 0 Å². The van der Waals surface area contributed by atoms with Gasteiger partial charge in [0, 0.05) is 11.8 Å². The summed E-state index contributed by atoms with van der Waals surface area (Å²) in [7, 11) is 1.67. The van der Waals surface area contributed by atoms with Gasteiger partial charge in [0.1, 0.15) is 5.75 Å². The molecule has 3 fully saturated rings. The maximum atomic E-state index is 5.77. The van der Waals surface area contributed by atoms with Gasteiger partial charge in [-0.2, -0.15) is 0 Å². The summed E-state index contributed by atoms with van der Waals surface area (Å²) < 4.78 is 22.4. The first kappa shape index (κ1) is 12.9. The highest BCUT2D eigenvalue weighted by Crippen LogP contribution is 2.40. The fourth-order valence-corrected chi connectivity index (χ4v) is 2.41. The monoisotopic (exact) mass is 264 g/mol. The molecule has 19 heavy (non-hydrogen) atoms. The average molecular weight is 264 g/mol. The summed E-state index contributed by atoms with van der Waals surface area (Å²) in [6.07, 6.45) is 1.58. The van der Waals surface area contributed by atoms with Gasteiger partial charge < -0.3 is 18.9 Å². The van der Waals surface area contributed by atoms with E-state index in [0.29, 0.717) is 0 Å². The molecule has 0 aliphatic carbocycles. The first-order chi connectivity index (χ1) is 9.13. The molecule has 4 rings (SSSR count). The molecule has 1 aromatic rings. The Morgan fingerprint density at radius 2 is 1.63 bits per heavy atom. The zero-order chi connectivity index (χ0) is 13.3. The number of hydrogen-bond acceptors (Lipinski definition) is 4. The number of benzene rings is 1. The number of hydrogen-bond donors (Lipinski definition) is 0. The third kappa shape index (κ3) is 2.61. The number of rotatable bonds is 4. The minimum absolute atomic E-state index is 0.0296. The van der Waals surface area contributed by atoms with Crippen LogP contribution in [0.25, 0.3) is 0 Å². The van der Waals surface area contributed by atoms with Gasteiger partial charge in [-0.1, -0.05) is 19.1 Å². The van der Waals surface area contributed by atoms with Crippen molar-refractivity contribution in [3.8, 4) is 5.75 Å². The Bertz CT molecular complexity index is 415. The summed E-state index contributed by atoms with van der Waals surface area (Å²) in [6, 6.07) is 8.05. The molecule has 3 saturated heterocycles. The second-order valence-corrected chi connectivity index (χ2v) is 5.71. The van der Waals surface area contributed by atoms with Crippen LogP contribution in [0.1, 0.15) is 18.9 Å². The highest BCUT2D eigenvalue weighted by molar-refractivity contribution is 5.27. The second-order valence-electron chi connectivity index (χ2n) is 5.71. The third-order valence-corrected chi connectivity index (χ3v) is 3.80. The molecule has 1 aromatic carbocycles.